The molecule has 1 aromatic rings. The van der Waals surface area contributed by atoms with Gasteiger partial charge in [-0.1, -0.05) is 32.1 Å². The van der Waals surface area contributed by atoms with Crippen LogP contribution in [0.4, 0.5) is 13.2 Å². The van der Waals surface area contributed by atoms with E-state index in [1.54, 1.807) is 13.8 Å². The molecule has 1 aromatic carbocycles. The van der Waals surface area contributed by atoms with Crippen LogP contribution in [0.3, 0.4) is 0 Å². The normalized spacial score (nSPS) is 14.5. The highest BCUT2D eigenvalue weighted by Crippen LogP contribution is 2.37. The Balaban J connectivity index is 3.13. The Kier molecular flexibility index (Phi) is 3.67. The van der Waals surface area contributed by atoms with E-state index in [1.165, 1.54) is 18.2 Å². The third-order valence-corrected chi connectivity index (χ3v) is 2.76. The Morgan fingerprint density at radius 1 is 1.29 bits per heavy atom. The van der Waals surface area contributed by atoms with Crippen molar-refractivity contribution in [2.45, 2.75) is 26.1 Å². The number of alkyl halides is 3. The molecule has 0 aromatic heterocycles. The van der Waals surface area contributed by atoms with Crippen molar-refractivity contribution in [1.29, 1.82) is 0 Å². The highest BCUT2D eigenvalue weighted by molar-refractivity contribution is 5.28. The molecule has 4 heteroatoms. The summed E-state index contributed by atoms with van der Waals surface area (Å²) in [6, 6.07) is 4.72. The fourth-order valence-electron chi connectivity index (χ4n) is 1.43. The zero-order valence-electron chi connectivity index (χ0n) is 9.75. The molecule has 0 bridgehead atoms. The number of halogens is 3. The van der Waals surface area contributed by atoms with Crippen LogP contribution in [0, 0.1) is 5.41 Å². The van der Waals surface area contributed by atoms with Gasteiger partial charge in [-0.25, -0.2) is 0 Å². The first-order chi connectivity index (χ1) is 7.68. The van der Waals surface area contributed by atoms with Crippen LogP contribution in [0.15, 0.2) is 36.9 Å². The first-order valence-electron chi connectivity index (χ1n) is 5.17. The maximum Gasteiger partial charge on any atom is 0.416 e. The number of benzene rings is 1. The maximum absolute atomic E-state index is 12.5. The van der Waals surface area contributed by atoms with Gasteiger partial charge in [0.05, 0.1) is 11.7 Å². The van der Waals surface area contributed by atoms with Crippen molar-refractivity contribution in [1.82, 2.24) is 0 Å². The summed E-state index contributed by atoms with van der Waals surface area (Å²) in [5.74, 6) is 0. The molecule has 0 saturated heterocycles. The molecule has 0 fully saturated rings. The van der Waals surface area contributed by atoms with Crippen LogP contribution < -0.4 is 0 Å². The van der Waals surface area contributed by atoms with Gasteiger partial charge >= 0.3 is 6.18 Å². The summed E-state index contributed by atoms with van der Waals surface area (Å²) in [7, 11) is 0. The fraction of sp³-hybridized carbons (Fsp3) is 0.385. The first-order valence-corrected chi connectivity index (χ1v) is 5.17. The second-order valence-electron chi connectivity index (χ2n) is 4.55. The van der Waals surface area contributed by atoms with E-state index in [9.17, 15) is 18.3 Å². The Bertz CT molecular complexity index is 407. The number of hydrogen-bond donors (Lipinski definition) is 1. The molecule has 0 radical (unpaired) electrons. The Hall–Kier alpha value is -1.29. The molecule has 94 valence electrons. The molecule has 0 spiro atoms. The molecule has 1 unspecified atom stereocenters. The van der Waals surface area contributed by atoms with Crippen LogP contribution in [0.25, 0.3) is 0 Å². The minimum absolute atomic E-state index is 0.240. The van der Waals surface area contributed by atoms with Crippen LogP contribution in [-0.2, 0) is 6.18 Å². The Labute approximate surface area is 98.6 Å². The maximum atomic E-state index is 12.5. The molecule has 1 N–H and O–H groups in total. The summed E-state index contributed by atoms with van der Waals surface area (Å²) < 4.78 is 37.5. The van der Waals surface area contributed by atoms with Gasteiger partial charge in [0.25, 0.3) is 0 Å². The molecular formula is C13H15F3O. The van der Waals surface area contributed by atoms with Crippen LogP contribution in [-0.4, -0.2) is 5.11 Å². The van der Waals surface area contributed by atoms with Crippen LogP contribution in [0.1, 0.15) is 31.1 Å². The number of rotatable bonds is 3. The topological polar surface area (TPSA) is 20.2 Å². The van der Waals surface area contributed by atoms with Crippen LogP contribution in [0.2, 0.25) is 0 Å². The monoisotopic (exact) mass is 244 g/mol. The zero-order valence-corrected chi connectivity index (χ0v) is 9.75. The lowest BCUT2D eigenvalue weighted by Crippen LogP contribution is -2.19. The first kappa shape index (κ1) is 13.8. The van der Waals surface area contributed by atoms with Crippen molar-refractivity contribution in [3.63, 3.8) is 0 Å². The van der Waals surface area contributed by atoms with Gasteiger partial charge in [0, 0.05) is 5.41 Å². The van der Waals surface area contributed by atoms with E-state index in [2.05, 4.69) is 6.58 Å². The van der Waals surface area contributed by atoms with Gasteiger partial charge in [0.2, 0.25) is 0 Å². The van der Waals surface area contributed by atoms with Gasteiger partial charge in [0.15, 0.2) is 0 Å². The smallest absolute Gasteiger partial charge is 0.388 e. The molecule has 1 nitrogen and oxygen atoms in total. The Morgan fingerprint density at radius 3 is 2.35 bits per heavy atom. The molecule has 0 aliphatic heterocycles. The van der Waals surface area contributed by atoms with Crippen molar-refractivity contribution in [2.75, 3.05) is 0 Å². The summed E-state index contributed by atoms with van der Waals surface area (Å²) in [6.45, 7) is 6.99. The van der Waals surface area contributed by atoms with E-state index >= 15 is 0 Å². The number of aliphatic hydroxyl groups is 1. The van der Waals surface area contributed by atoms with Crippen molar-refractivity contribution < 1.29 is 18.3 Å². The minimum Gasteiger partial charge on any atom is -0.388 e. The average molecular weight is 244 g/mol. The van der Waals surface area contributed by atoms with E-state index in [0.717, 1.165) is 12.1 Å². The summed E-state index contributed by atoms with van der Waals surface area (Å²) >= 11 is 0. The molecule has 0 heterocycles. The Morgan fingerprint density at radius 2 is 1.88 bits per heavy atom. The van der Waals surface area contributed by atoms with E-state index in [4.69, 9.17) is 0 Å². The molecular weight excluding hydrogens is 229 g/mol. The van der Waals surface area contributed by atoms with E-state index in [-0.39, 0.29) is 5.56 Å². The average Bonchev–Trinajstić information content (AvgIpc) is 2.27. The van der Waals surface area contributed by atoms with Gasteiger partial charge in [-0.15, -0.1) is 6.58 Å². The molecule has 0 aliphatic carbocycles. The quantitative estimate of drug-likeness (QED) is 0.798. The number of aliphatic hydroxyl groups excluding tert-OH is 1. The molecule has 1 rings (SSSR count). The molecule has 1 atom stereocenters. The zero-order chi connectivity index (χ0) is 13.3. The second-order valence-corrected chi connectivity index (χ2v) is 4.55. The minimum atomic E-state index is -4.39. The SMILES string of the molecule is C=CC(C)(C)C(O)c1cccc(C(F)(F)F)c1. The van der Waals surface area contributed by atoms with Gasteiger partial charge in [-0.05, 0) is 17.7 Å². The van der Waals surface area contributed by atoms with E-state index in [0.29, 0.717) is 0 Å². The van der Waals surface area contributed by atoms with Gasteiger partial charge in [-0.3, -0.25) is 0 Å². The van der Waals surface area contributed by atoms with Gasteiger partial charge < -0.3 is 5.11 Å². The van der Waals surface area contributed by atoms with Crippen LogP contribution in [0.5, 0.6) is 0 Å². The summed E-state index contributed by atoms with van der Waals surface area (Å²) in [6.07, 6.45) is -3.88. The molecule has 17 heavy (non-hydrogen) atoms. The van der Waals surface area contributed by atoms with E-state index in [1.807, 2.05) is 0 Å². The van der Waals surface area contributed by atoms with Crippen molar-refractivity contribution in [3.05, 3.63) is 48.0 Å². The summed E-state index contributed by atoms with van der Waals surface area (Å²) in [5.41, 5.74) is -1.19. The van der Waals surface area contributed by atoms with E-state index < -0.39 is 23.3 Å². The molecule has 0 saturated carbocycles. The molecule has 0 amide bonds. The summed E-state index contributed by atoms with van der Waals surface area (Å²) in [4.78, 5) is 0. The predicted molar refractivity (Wildman–Crippen MR) is 60.4 cm³/mol. The van der Waals surface area contributed by atoms with Crippen molar-refractivity contribution in [3.8, 4) is 0 Å². The van der Waals surface area contributed by atoms with Crippen LogP contribution >= 0.6 is 0 Å². The highest BCUT2D eigenvalue weighted by atomic mass is 19.4. The number of hydrogen-bond acceptors (Lipinski definition) is 1. The second kappa shape index (κ2) is 4.53. The van der Waals surface area contributed by atoms with Gasteiger partial charge in [-0.2, -0.15) is 13.2 Å². The predicted octanol–water partition coefficient (Wildman–Crippen LogP) is 3.95. The molecule has 0 aliphatic rings. The lowest BCUT2D eigenvalue weighted by atomic mass is 9.82. The van der Waals surface area contributed by atoms with Gasteiger partial charge in [0.1, 0.15) is 0 Å². The lowest BCUT2D eigenvalue weighted by molar-refractivity contribution is -0.137. The van der Waals surface area contributed by atoms with Crippen molar-refractivity contribution in [2.24, 2.45) is 5.41 Å². The largest absolute Gasteiger partial charge is 0.416 e. The summed E-state index contributed by atoms with van der Waals surface area (Å²) in [5, 5.41) is 10.00. The highest BCUT2D eigenvalue weighted by Gasteiger charge is 2.32. The lowest BCUT2D eigenvalue weighted by Gasteiger charge is -2.27. The fourth-order valence-corrected chi connectivity index (χ4v) is 1.43. The third kappa shape index (κ3) is 3.09. The third-order valence-electron chi connectivity index (χ3n) is 2.76. The van der Waals surface area contributed by atoms with Crippen molar-refractivity contribution >= 4 is 0 Å². The standard InChI is InChI=1S/C13H15F3O/c1-4-12(2,3)11(17)9-6-5-7-10(8-9)13(14,15)16/h4-8,11,17H,1H2,2-3H3.